The quantitative estimate of drug-likeness (QED) is 0.0442. The van der Waals surface area contributed by atoms with Crippen molar-refractivity contribution in [2.24, 2.45) is 30.7 Å². The van der Waals surface area contributed by atoms with Crippen LogP contribution < -0.4 is 33.5 Å². The molecule has 0 aromatic heterocycles. The zero-order chi connectivity index (χ0) is 78.5. The summed E-state index contributed by atoms with van der Waals surface area (Å²) in [7, 11) is 0. The van der Waals surface area contributed by atoms with Gasteiger partial charge < -0.3 is 23.7 Å². The summed E-state index contributed by atoms with van der Waals surface area (Å²) in [5.41, 5.74) is 5.98. The second-order valence-corrected chi connectivity index (χ2v) is 27.1. The van der Waals surface area contributed by atoms with E-state index >= 15 is 13.2 Å². The van der Waals surface area contributed by atoms with Gasteiger partial charge in [-0.15, -0.1) is 0 Å². The maximum absolute atomic E-state index is 15.7. The highest BCUT2D eigenvalue weighted by Crippen LogP contribution is 2.49. The molecule has 0 saturated heterocycles. The fourth-order valence-corrected chi connectivity index (χ4v) is 13.1. The van der Waals surface area contributed by atoms with Crippen molar-refractivity contribution in [3.8, 4) is 79.7 Å². The molecule has 17 nitrogen and oxygen atoms in total. The minimum Gasteiger partial charge on any atom is -0.457 e. The summed E-state index contributed by atoms with van der Waals surface area (Å²) >= 11 is 0. The average molecular weight is 1510 g/mol. The third-order valence-electron chi connectivity index (χ3n) is 19.4. The highest BCUT2D eigenvalue weighted by Gasteiger charge is 2.55. The van der Waals surface area contributed by atoms with Crippen LogP contribution in [-0.2, 0) is 11.8 Å². The average Bonchev–Trinajstić information content (AvgIpc) is 1.48. The van der Waals surface area contributed by atoms with Crippen LogP contribution >= 0.6 is 0 Å². The molecule has 0 radical (unpaired) electrons. The maximum Gasteiger partial charge on any atom is 0.402 e. The topological polar surface area (TPSA) is 195 Å². The number of hydrogen-bond acceptors (Lipinski definition) is 15. The molecule has 2 aliphatic rings. The number of aryl methyl sites for hydroxylation is 2. The number of ether oxygens (including phenoxy) is 5. The van der Waals surface area contributed by atoms with Gasteiger partial charge in [-0.2, -0.15) is 43.9 Å². The van der Waals surface area contributed by atoms with Crippen molar-refractivity contribution in [3.05, 3.63) is 372 Å². The van der Waals surface area contributed by atoms with Crippen molar-refractivity contribution >= 4 is 69.1 Å². The number of benzene rings is 14. The molecular formula is C94H65F3N8O9. The van der Waals surface area contributed by atoms with Gasteiger partial charge in [0, 0.05) is 12.1 Å². The molecule has 556 valence electrons. The highest BCUT2D eigenvalue weighted by molar-refractivity contribution is 6.35. The molecule has 0 saturated carbocycles. The third-order valence-corrected chi connectivity index (χ3v) is 19.4. The summed E-state index contributed by atoms with van der Waals surface area (Å²) in [4.78, 5) is 57.9. The molecule has 14 aromatic carbocycles. The van der Waals surface area contributed by atoms with Crippen molar-refractivity contribution < 1.29 is 56.0 Å². The van der Waals surface area contributed by atoms with Gasteiger partial charge in [0.1, 0.15) is 62.9 Å². The van der Waals surface area contributed by atoms with Crippen LogP contribution in [-0.4, -0.2) is 29.8 Å². The molecule has 16 rings (SSSR count). The Balaban J connectivity index is 0.490. The van der Waals surface area contributed by atoms with Gasteiger partial charge in [-0.1, -0.05) is 104 Å². The van der Waals surface area contributed by atoms with Crippen molar-refractivity contribution in [3.63, 3.8) is 0 Å². The molecular weight excluding hydrogens is 1440 g/mol. The second-order valence-electron chi connectivity index (χ2n) is 27.1. The second kappa shape index (κ2) is 31.5. The predicted octanol–water partition coefficient (Wildman–Crippen LogP) is 26.6. The molecule has 20 heteroatoms. The SMILES string of the molecule is CCc1ccc(Oc2ccc(N=Nc3ccc(-c4ccc(Oc5ccc(N=Nc6ccc(-c7ccc(Oc8ccc(N=Nc9ccc(N%10C(=O)c%11ccc([C@@](C)(c%12ccc%13c(c%12)C(=O)N(c%12cccc(Oc%14cccc(Oc%15cccc(C)c%15)c%14)c%12)C%13=O)C(F)(F)F)cc%11C%10=O)cc9)cc8)cc7)cc6)cc5)cc4)cc3)cc2)cc1. The monoisotopic (exact) mass is 1510 g/mol. The van der Waals surface area contributed by atoms with Gasteiger partial charge in [0.25, 0.3) is 23.6 Å². The molecule has 0 unspecified atom stereocenters. The Morgan fingerprint density at radius 2 is 0.579 bits per heavy atom. The van der Waals surface area contributed by atoms with Gasteiger partial charge in [0.2, 0.25) is 0 Å². The van der Waals surface area contributed by atoms with Crippen LogP contribution in [0.15, 0.2) is 358 Å². The van der Waals surface area contributed by atoms with E-state index in [1.165, 1.54) is 42.0 Å². The number of nitrogens with zero attached hydrogens (tertiary/aromatic N) is 8. The molecule has 114 heavy (non-hydrogen) atoms. The normalized spacial score (nSPS) is 13.2. The molecule has 0 spiro atoms. The van der Waals surface area contributed by atoms with Gasteiger partial charge in [-0.05, 0) is 283 Å². The largest absolute Gasteiger partial charge is 0.457 e. The third kappa shape index (κ3) is 15.9. The van der Waals surface area contributed by atoms with Crippen LogP contribution in [0.1, 0.15) is 77.5 Å². The van der Waals surface area contributed by atoms with E-state index in [1.54, 1.807) is 72.8 Å². The maximum atomic E-state index is 15.7. The van der Waals surface area contributed by atoms with E-state index < -0.39 is 35.2 Å². The van der Waals surface area contributed by atoms with Crippen molar-refractivity contribution in [1.29, 1.82) is 0 Å². The Morgan fingerprint density at radius 1 is 0.289 bits per heavy atom. The Morgan fingerprint density at radius 3 is 0.947 bits per heavy atom. The molecule has 4 amide bonds. The number of carbonyl (C=O) groups excluding carboxylic acids is 4. The van der Waals surface area contributed by atoms with E-state index in [0.717, 1.165) is 98.1 Å². The van der Waals surface area contributed by atoms with Crippen molar-refractivity contribution in [1.82, 2.24) is 0 Å². The van der Waals surface area contributed by atoms with Crippen LogP contribution in [0, 0.1) is 6.92 Å². The molecule has 0 fully saturated rings. The molecule has 0 bridgehead atoms. The Labute approximate surface area is 652 Å². The number of anilines is 2. The molecule has 0 aliphatic carbocycles. The van der Waals surface area contributed by atoms with Gasteiger partial charge in [-0.25, -0.2) is 9.80 Å². The lowest BCUT2D eigenvalue weighted by atomic mass is 9.74. The zero-order valence-corrected chi connectivity index (χ0v) is 61.3. The number of imide groups is 2. The first-order chi connectivity index (χ1) is 55.4. The Bertz CT molecular complexity index is 6070. The van der Waals surface area contributed by atoms with Crippen LogP contribution in [0.3, 0.4) is 0 Å². The summed E-state index contributed by atoms with van der Waals surface area (Å²) in [5, 5.41) is 26.4. The number of azo groups is 3. The van der Waals surface area contributed by atoms with E-state index in [4.69, 9.17) is 23.7 Å². The van der Waals surface area contributed by atoms with E-state index in [-0.39, 0.29) is 50.5 Å². The number of halogens is 3. The van der Waals surface area contributed by atoms with Gasteiger partial charge >= 0.3 is 6.18 Å². The molecule has 14 aromatic rings. The first-order valence-corrected chi connectivity index (χ1v) is 36.4. The summed E-state index contributed by atoms with van der Waals surface area (Å²) < 4.78 is 77.6. The van der Waals surface area contributed by atoms with Crippen LogP contribution in [0.5, 0.6) is 57.5 Å². The number of alkyl halides is 3. The summed E-state index contributed by atoms with van der Waals surface area (Å²) in [6.07, 6.45) is -4.03. The number of amides is 4. The fourth-order valence-electron chi connectivity index (χ4n) is 13.1. The van der Waals surface area contributed by atoms with Crippen LogP contribution in [0.25, 0.3) is 22.3 Å². The lowest BCUT2D eigenvalue weighted by Crippen LogP contribution is -2.41. The number of carbonyl (C=O) groups is 4. The van der Waals surface area contributed by atoms with Crippen molar-refractivity contribution in [2.45, 2.75) is 38.8 Å². The van der Waals surface area contributed by atoms with E-state index in [1.807, 2.05) is 189 Å². The first kappa shape index (κ1) is 73.1. The standard InChI is InChI=1S/C94H65F3N8O9/c1-4-60-14-40-75(41-15-60)110-78-46-32-70(33-47-78)101-98-67-26-16-61(17-27-67)63-20-42-76(43-21-63)111-79-48-34-71(35-49-79)102-99-68-28-18-62(19-29-68)64-22-44-77(45-23-64)112-80-50-36-72(37-51-80)103-100-69-30-38-73(39-31-69)104-89(106)85-52-24-65(55-87(85)91(104)108)93(3,94(95,96)97)66-25-53-86-88(56-66)92(109)105(90(86)107)74-9-6-11-82(57-74)114-84-13-7-12-83(58-84)113-81-10-5-8-59(2)54-81/h5-58H,4H2,1-3H3/t93-/m0/s1. The van der Waals surface area contributed by atoms with E-state index in [0.29, 0.717) is 63.0 Å². The lowest BCUT2D eigenvalue weighted by Gasteiger charge is -2.33. The van der Waals surface area contributed by atoms with Crippen LogP contribution in [0.4, 0.5) is 58.7 Å². The zero-order valence-electron chi connectivity index (χ0n) is 61.3. The van der Waals surface area contributed by atoms with E-state index in [9.17, 15) is 19.2 Å². The molecule has 1 atom stereocenters. The van der Waals surface area contributed by atoms with Gasteiger partial charge in [0.05, 0.1) is 67.8 Å². The predicted molar refractivity (Wildman–Crippen MR) is 430 cm³/mol. The molecule has 2 aliphatic heterocycles. The van der Waals surface area contributed by atoms with E-state index in [2.05, 4.69) is 49.7 Å². The number of rotatable bonds is 23. The first-order valence-electron chi connectivity index (χ1n) is 36.4. The Kier molecular flexibility index (Phi) is 20.2. The van der Waals surface area contributed by atoms with Crippen LogP contribution in [0.2, 0.25) is 0 Å². The molecule has 0 N–H and O–H groups in total. The number of hydrogen-bond donors (Lipinski definition) is 0. The smallest absolute Gasteiger partial charge is 0.402 e. The lowest BCUT2D eigenvalue weighted by molar-refractivity contribution is -0.173. The van der Waals surface area contributed by atoms with Gasteiger partial charge in [0.15, 0.2) is 0 Å². The minimum atomic E-state index is -5.01. The van der Waals surface area contributed by atoms with Gasteiger partial charge in [-0.3, -0.25) is 19.2 Å². The highest BCUT2D eigenvalue weighted by atomic mass is 19.4. The number of fused-ring (bicyclic) bond motifs is 2. The Hall–Kier alpha value is -15.1. The minimum absolute atomic E-state index is 0.0995. The summed E-state index contributed by atoms with van der Waals surface area (Å²) in [6, 6.07) is 94.7. The molecule has 2 heterocycles. The fraction of sp³-hybridized carbons (Fsp3) is 0.0638. The summed E-state index contributed by atoms with van der Waals surface area (Å²) in [5.74, 6) is 2.68. The van der Waals surface area contributed by atoms with Crippen molar-refractivity contribution in [2.75, 3.05) is 9.80 Å². The summed E-state index contributed by atoms with van der Waals surface area (Å²) in [6.45, 7) is 5.00.